The molecule has 0 aliphatic heterocycles. The van der Waals surface area contributed by atoms with E-state index < -0.39 is 29.7 Å². The summed E-state index contributed by atoms with van der Waals surface area (Å²) in [6, 6.07) is 10.6. The van der Waals surface area contributed by atoms with Crippen molar-refractivity contribution >= 4 is 44.9 Å². The molecule has 6 N–H and O–H groups in total. The smallest absolute Gasteiger partial charge is 0.391 e. The summed E-state index contributed by atoms with van der Waals surface area (Å²) in [6.45, 7) is 1.16. The number of carbonyl (C=O) groups excluding carboxylic acids is 1. The molecule has 192 valence electrons. The molecule has 11 nitrogen and oxygen atoms in total. The number of carbonyl (C=O) groups is 1. The number of fused-ring (bicyclic) bond motifs is 1. The highest BCUT2D eigenvalue weighted by Gasteiger charge is 2.27. The SMILES string of the molecule is N#Cc1ccc(O[P@@](=O)(O)CNS(=O)(=O)c2cc3cc(C(=O)N(CCN)CCN)ccc3s2)cc1F. The van der Waals surface area contributed by atoms with E-state index in [1.54, 1.807) is 24.3 Å². The maximum atomic E-state index is 13.7. The second-order valence-electron chi connectivity index (χ2n) is 7.48. The van der Waals surface area contributed by atoms with E-state index in [9.17, 15) is 27.1 Å². The van der Waals surface area contributed by atoms with E-state index >= 15 is 0 Å². The number of nitrogens with one attached hydrogen (secondary N) is 1. The molecule has 0 aliphatic carbocycles. The molecule has 0 bridgehead atoms. The zero-order chi connectivity index (χ0) is 26.5. The van der Waals surface area contributed by atoms with Gasteiger partial charge in [0, 0.05) is 42.5 Å². The number of rotatable bonds is 11. The van der Waals surface area contributed by atoms with Crippen LogP contribution in [0.25, 0.3) is 10.1 Å². The molecule has 1 aromatic heterocycles. The van der Waals surface area contributed by atoms with E-state index in [4.69, 9.17) is 21.3 Å². The summed E-state index contributed by atoms with van der Waals surface area (Å²) in [5.41, 5.74) is 11.2. The van der Waals surface area contributed by atoms with Crippen LogP contribution in [0.5, 0.6) is 5.75 Å². The molecule has 1 atom stereocenters. The molecule has 0 spiro atoms. The molecule has 0 unspecified atom stereocenters. The minimum Gasteiger partial charge on any atom is -0.424 e. The van der Waals surface area contributed by atoms with Crippen molar-refractivity contribution in [1.29, 1.82) is 5.26 Å². The lowest BCUT2D eigenvalue weighted by Gasteiger charge is -2.21. The van der Waals surface area contributed by atoms with Gasteiger partial charge in [-0.25, -0.2) is 17.4 Å². The molecule has 15 heteroatoms. The van der Waals surface area contributed by atoms with E-state index in [-0.39, 0.29) is 34.5 Å². The van der Waals surface area contributed by atoms with Crippen molar-refractivity contribution in [3.8, 4) is 11.8 Å². The lowest BCUT2D eigenvalue weighted by Crippen LogP contribution is -2.38. The van der Waals surface area contributed by atoms with Gasteiger partial charge in [-0.15, -0.1) is 11.3 Å². The molecule has 0 saturated carbocycles. The second-order valence-corrected chi connectivity index (χ2v) is 12.3. The highest BCUT2D eigenvalue weighted by atomic mass is 32.2. The molecule has 2 aromatic carbocycles. The quantitative estimate of drug-likeness (QED) is 0.256. The van der Waals surface area contributed by atoms with Crippen LogP contribution in [0.1, 0.15) is 15.9 Å². The highest BCUT2D eigenvalue weighted by Crippen LogP contribution is 2.42. The lowest BCUT2D eigenvalue weighted by molar-refractivity contribution is 0.0765. The molecule has 0 aliphatic rings. The Labute approximate surface area is 210 Å². The van der Waals surface area contributed by atoms with Crippen LogP contribution < -0.4 is 20.7 Å². The van der Waals surface area contributed by atoms with Gasteiger partial charge in [0.25, 0.3) is 15.9 Å². The third kappa shape index (κ3) is 6.65. The molecule has 1 amide bonds. The maximum Gasteiger partial charge on any atom is 0.391 e. The molecule has 0 radical (unpaired) electrons. The van der Waals surface area contributed by atoms with Crippen molar-refractivity contribution in [2.75, 3.05) is 32.5 Å². The fourth-order valence-corrected chi connectivity index (χ4v) is 7.10. The predicted molar refractivity (Wildman–Crippen MR) is 133 cm³/mol. The number of thiophene rings is 1. The number of nitriles is 1. The molecule has 0 fully saturated rings. The van der Waals surface area contributed by atoms with Crippen LogP contribution in [-0.4, -0.2) is 56.6 Å². The first-order chi connectivity index (χ1) is 17.0. The van der Waals surface area contributed by atoms with Crippen LogP contribution >= 0.6 is 18.9 Å². The highest BCUT2D eigenvalue weighted by molar-refractivity contribution is 7.92. The number of nitrogens with two attached hydrogens (primary N) is 2. The Bertz CT molecular complexity index is 1470. The van der Waals surface area contributed by atoms with Crippen LogP contribution in [0, 0.1) is 17.1 Å². The van der Waals surface area contributed by atoms with Crippen molar-refractivity contribution in [1.82, 2.24) is 9.62 Å². The molecular weight excluding hydrogens is 532 g/mol. The Kier molecular flexibility index (Phi) is 8.80. The largest absolute Gasteiger partial charge is 0.424 e. The fourth-order valence-electron chi connectivity index (χ4n) is 3.17. The Morgan fingerprint density at radius 1 is 1.19 bits per heavy atom. The summed E-state index contributed by atoms with van der Waals surface area (Å²) >= 11 is 0.906. The first-order valence-electron chi connectivity index (χ1n) is 10.4. The minimum atomic E-state index is -4.56. The summed E-state index contributed by atoms with van der Waals surface area (Å²) in [5, 5.41) is 9.24. The Balaban J connectivity index is 1.75. The monoisotopic (exact) mass is 555 g/mol. The average molecular weight is 556 g/mol. The third-order valence-corrected chi connectivity index (χ3v) is 9.11. The van der Waals surface area contributed by atoms with Gasteiger partial charge >= 0.3 is 7.60 Å². The fraction of sp³-hybridized carbons (Fsp3) is 0.238. The molecule has 1 heterocycles. The van der Waals surface area contributed by atoms with Crippen molar-refractivity contribution in [2.45, 2.75) is 4.21 Å². The van der Waals surface area contributed by atoms with Gasteiger partial charge in [0.05, 0.1) is 5.56 Å². The number of sulfonamides is 1. The molecule has 36 heavy (non-hydrogen) atoms. The first-order valence-corrected chi connectivity index (χ1v) is 14.5. The van der Waals surface area contributed by atoms with Crippen LogP contribution in [0.3, 0.4) is 0 Å². The molecule has 3 aromatic rings. The Morgan fingerprint density at radius 2 is 1.89 bits per heavy atom. The van der Waals surface area contributed by atoms with Crippen molar-refractivity contribution < 1.29 is 31.6 Å². The van der Waals surface area contributed by atoms with Crippen LogP contribution in [-0.2, 0) is 14.6 Å². The summed E-state index contributed by atoms with van der Waals surface area (Å²) in [4.78, 5) is 24.3. The number of hydrogen-bond acceptors (Lipinski definition) is 9. The zero-order valence-electron chi connectivity index (χ0n) is 18.8. The predicted octanol–water partition coefficient (Wildman–Crippen LogP) is 1.77. The van der Waals surface area contributed by atoms with E-state index in [1.807, 2.05) is 4.72 Å². The summed E-state index contributed by atoms with van der Waals surface area (Å²) < 4.78 is 58.9. The van der Waals surface area contributed by atoms with Gasteiger partial charge in [-0.2, -0.15) is 9.98 Å². The Hall–Kier alpha value is -2.89. The van der Waals surface area contributed by atoms with E-state index in [2.05, 4.69) is 0 Å². The van der Waals surface area contributed by atoms with E-state index in [0.29, 0.717) is 28.7 Å². The van der Waals surface area contributed by atoms with Crippen LogP contribution in [0.2, 0.25) is 0 Å². The summed E-state index contributed by atoms with van der Waals surface area (Å²) in [6.07, 6.45) is -0.984. The zero-order valence-corrected chi connectivity index (χ0v) is 21.3. The van der Waals surface area contributed by atoms with Crippen LogP contribution in [0.4, 0.5) is 4.39 Å². The van der Waals surface area contributed by atoms with Gasteiger partial charge in [-0.3, -0.25) is 4.79 Å². The van der Waals surface area contributed by atoms with E-state index in [0.717, 1.165) is 29.5 Å². The van der Waals surface area contributed by atoms with Gasteiger partial charge in [-0.1, -0.05) is 0 Å². The van der Waals surface area contributed by atoms with Gasteiger partial charge in [0.1, 0.15) is 28.1 Å². The van der Waals surface area contributed by atoms with Gasteiger partial charge < -0.3 is 25.8 Å². The number of nitrogens with zero attached hydrogens (tertiary/aromatic N) is 2. The summed E-state index contributed by atoms with van der Waals surface area (Å²) in [5.74, 6) is -1.58. The van der Waals surface area contributed by atoms with Crippen molar-refractivity contribution in [3.05, 3.63) is 59.4 Å². The normalized spacial score (nSPS) is 13.2. The lowest BCUT2D eigenvalue weighted by atomic mass is 10.1. The maximum absolute atomic E-state index is 13.7. The van der Waals surface area contributed by atoms with E-state index in [1.165, 1.54) is 11.0 Å². The van der Waals surface area contributed by atoms with Gasteiger partial charge in [-0.05, 0) is 41.8 Å². The van der Waals surface area contributed by atoms with Gasteiger partial charge in [0.15, 0.2) is 0 Å². The topological polar surface area (TPSA) is 189 Å². The van der Waals surface area contributed by atoms with Gasteiger partial charge in [0.2, 0.25) is 0 Å². The minimum absolute atomic E-state index is 0.146. The summed E-state index contributed by atoms with van der Waals surface area (Å²) in [7, 11) is -8.78. The standard InChI is InChI=1S/C21H23FN5O6PS2/c22-18-11-17(3-1-15(18)12-25)33-34(29,30)13-26-36(31,32)20-10-16-9-14(2-4-19(16)35-20)21(28)27(7-5-23)8-6-24/h1-4,9-11,26H,5-8,13,23-24H2,(H,29,30). The number of amides is 1. The first kappa shape index (κ1) is 27.7. The second kappa shape index (κ2) is 11.4. The average Bonchev–Trinajstić information content (AvgIpc) is 3.27. The molecular formula is C21H23FN5O6PS2. The number of hydrogen-bond donors (Lipinski definition) is 4. The number of benzene rings is 2. The molecule has 0 saturated heterocycles. The molecule has 3 rings (SSSR count). The van der Waals surface area contributed by atoms with Crippen molar-refractivity contribution in [2.24, 2.45) is 11.5 Å². The number of halogens is 1. The van der Waals surface area contributed by atoms with Crippen molar-refractivity contribution in [3.63, 3.8) is 0 Å². The van der Waals surface area contributed by atoms with Crippen LogP contribution in [0.15, 0.2) is 46.7 Å². The third-order valence-electron chi connectivity index (χ3n) is 4.85. The Morgan fingerprint density at radius 3 is 2.50 bits per heavy atom.